The Bertz CT molecular complexity index is 747. The topological polar surface area (TPSA) is 69.7 Å². The molecular formula is C17H17N3O2. The van der Waals surface area contributed by atoms with Crippen molar-refractivity contribution in [2.75, 3.05) is 13.2 Å². The molecule has 1 atom stereocenters. The van der Waals surface area contributed by atoms with E-state index in [1.54, 1.807) is 6.20 Å². The number of pyridine rings is 1. The summed E-state index contributed by atoms with van der Waals surface area (Å²) in [6, 6.07) is 8.12. The maximum absolute atomic E-state index is 5.99. The van der Waals surface area contributed by atoms with Gasteiger partial charge in [0.2, 0.25) is 5.88 Å². The van der Waals surface area contributed by atoms with Crippen LogP contribution in [0.15, 0.2) is 35.5 Å². The Morgan fingerprint density at radius 3 is 2.77 bits per heavy atom. The Balaban J connectivity index is 2.05. The molecule has 0 aliphatic carbocycles. The maximum Gasteiger partial charge on any atom is 0.225 e. The number of aliphatic imine (C=N–C) groups is 1. The Labute approximate surface area is 128 Å². The molecule has 0 saturated carbocycles. The van der Waals surface area contributed by atoms with Crippen LogP contribution in [0.25, 0.3) is 0 Å². The van der Waals surface area contributed by atoms with Gasteiger partial charge in [-0.3, -0.25) is 4.99 Å². The van der Waals surface area contributed by atoms with Crippen molar-refractivity contribution < 1.29 is 9.47 Å². The van der Waals surface area contributed by atoms with Crippen LogP contribution < -0.4 is 10.5 Å². The first-order chi connectivity index (χ1) is 10.6. The summed E-state index contributed by atoms with van der Waals surface area (Å²) in [4.78, 5) is 9.21. The summed E-state index contributed by atoms with van der Waals surface area (Å²) in [6.07, 6.45) is 1.79. The maximum atomic E-state index is 5.99. The number of aromatic nitrogens is 1. The summed E-state index contributed by atoms with van der Waals surface area (Å²) in [6.45, 7) is 4.85. The van der Waals surface area contributed by atoms with E-state index in [0.717, 1.165) is 28.0 Å². The zero-order chi connectivity index (χ0) is 15.3. The molecule has 1 aromatic heterocycles. The third-order valence-corrected chi connectivity index (χ3v) is 4.12. The van der Waals surface area contributed by atoms with E-state index >= 15 is 0 Å². The molecule has 2 aliphatic heterocycles. The average molecular weight is 295 g/mol. The number of benzene rings is 1. The highest BCUT2D eigenvalue weighted by Crippen LogP contribution is 2.49. The molecule has 0 amide bonds. The fourth-order valence-electron chi connectivity index (χ4n) is 3.13. The fourth-order valence-corrected chi connectivity index (χ4v) is 3.13. The van der Waals surface area contributed by atoms with Crippen molar-refractivity contribution in [3.8, 4) is 11.6 Å². The molecule has 1 spiro atoms. The molecule has 0 radical (unpaired) electrons. The van der Waals surface area contributed by atoms with Crippen molar-refractivity contribution in [3.05, 3.63) is 52.7 Å². The van der Waals surface area contributed by atoms with Crippen LogP contribution in [0.5, 0.6) is 11.6 Å². The molecule has 2 N–H and O–H groups in total. The molecule has 22 heavy (non-hydrogen) atoms. The molecule has 2 aromatic rings. The van der Waals surface area contributed by atoms with Gasteiger partial charge in [0.25, 0.3) is 0 Å². The van der Waals surface area contributed by atoms with E-state index in [1.165, 1.54) is 0 Å². The highest BCUT2D eigenvalue weighted by atomic mass is 16.5. The van der Waals surface area contributed by atoms with E-state index in [1.807, 2.05) is 19.1 Å². The fraction of sp³-hybridized carbons (Fsp3) is 0.294. The molecule has 0 fully saturated rings. The SMILES string of the molecule is Cc1ccc2c(c1)C1(COCC(N)=N1)c1cc(C)cnc1O2. The van der Waals surface area contributed by atoms with Crippen LogP contribution in [0.1, 0.15) is 22.3 Å². The largest absolute Gasteiger partial charge is 0.438 e. The molecule has 3 heterocycles. The molecule has 112 valence electrons. The summed E-state index contributed by atoms with van der Waals surface area (Å²) in [5.41, 5.74) is 9.41. The molecule has 5 nitrogen and oxygen atoms in total. The van der Waals surface area contributed by atoms with Gasteiger partial charge in [-0.1, -0.05) is 11.6 Å². The Hall–Kier alpha value is -2.40. The number of amidine groups is 1. The van der Waals surface area contributed by atoms with Gasteiger partial charge in [-0.2, -0.15) is 0 Å². The van der Waals surface area contributed by atoms with Crippen molar-refractivity contribution in [1.82, 2.24) is 4.98 Å². The summed E-state index contributed by atoms with van der Waals surface area (Å²) in [5.74, 6) is 1.83. The van der Waals surface area contributed by atoms with Crippen LogP contribution in [0, 0.1) is 13.8 Å². The number of rotatable bonds is 0. The molecule has 1 unspecified atom stereocenters. The number of aryl methyl sites for hydroxylation is 2. The van der Waals surface area contributed by atoms with Crippen LogP contribution >= 0.6 is 0 Å². The first kappa shape index (κ1) is 13.3. The van der Waals surface area contributed by atoms with Gasteiger partial charge in [-0.05, 0) is 37.6 Å². The lowest BCUT2D eigenvalue weighted by atomic mass is 9.80. The van der Waals surface area contributed by atoms with E-state index in [0.29, 0.717) is 24.9 Å². The first-order valence-electron chi connectivity index (χ1n) is 7.26. The Kier molecular flexibility index (Phi) is 2.74. The van der Waals surface area contributed by atoms with Crippen LogP contribution in [-0.4, -0.2) is 24.0 Å². The zero-order valence-electron chi connectivity index (χ0n) is 12.6. The standard InChI is InChI=1S/C17H17N3O2/c1-10-3-4-14-12(5-10)17(9-21-8-15(18)20-17)13-6-11(2)7-19-16(13)22-14/h3-7H,8-9H2,1-2H3,(H2,18,20). The van der Waals surface area contributed by atoms with Crippen LogP contribution in [-0.2, 0) is 10.3 Å². The minimum atomic E-state index is -0.670. The Morgan fingerprint density at radius 2 is 1.95 bits per heavy atom. The van der Waals surface area contributed by atoms with Gasteiger partial charge in [-0.25, -0.2) is 4.98 Å². The van der Waals surface area contributed by atoms with Crippen LogP contribution in [0.3, 0.4) is 0 Å². The number of hydrogen-bond acceptors (Lipinski definition) is 5. The monoisotopic (exact) mass is 295 g/mol. The molecule has 0 bridgehead atoms. The summed E-state index contributed by atoms with van der Waals surface area (Å²) in [5, 5.41) is 0. The van der Waals surface area contributed by atoms with Gasteiger partial charge in [0.1, 0.15) is 23.7 Å². The predicted octanol–water partition coefficient (Wildman–Crippen LogP) is 2.44. The minimum absolute atomic E-state index is 0.359. The smallest absolute Gasteiger partial charge is 0.225 e. The normalized spacial score (nSPS) is 22.5. The average Bonchev–Trinajstić information content (AvgIpc) is 2.49. The quantitative estimate of drug-likeness (QED) is 0.810. The highest BCUT2D eigenvalue weighted by molar-refractivity contribution is 5.83. The molecule has 4 rings (SSSR count). The zero-order valence-corrected chi connectivity index (χ0v) is 12.6. The summed E-state index contributed by atoms with van der Waals surface area (Å²) < 4.78 is 11.7. The number of hydrogen-bond donors (Lipinski definition) is 1. The summed E-state index contributed by atoms with van der Waals surface area (Å²) >= 11 is 0. The van der Waals surface area contributed by atoms with E-state index in [9.17, 15) is 0 Å². The van der Waals surface area contributed by atoms with Crippen LogP contribution in [0.4, 0.5) is 0 Å². The van der Waals surface area contributed by atoms with E-state index < -0.39 is 5.54 Å². The van der Waals surface area contributed by atoms with Gasteiger partial charge in [0.05, 0.1) is 6.61 Å². The van der Waals surface area contributed by atoms with Gasteiger partial charge < -0.3 is 15.2 Å². The van der Waals surface area contributed by atoms with Crippen LogP contribution in [0.2, 0.25) is 0 Å². The Morgan fingerprint density at radius 1 is 1.14 bits per heavy atom. The highest BCUT2D eigenvalue weighted by Gasteiger charge is 2.45. The van der Waals surface area contributed by atoms with E-state index in [2.05, 4.69) is 24.0 Å². The van der Waals surface area contributed by atoms with E-state index in [4.69, 9.17) is 20.2 Å². The number of ether oxygens (including phenoxy) is 2. The molecule has 5 heteroatoms. The molecule has 0 saturated heterocycles. The third kappa shape index (κ3) is 1.82. The van der Waals surface area contributed by atoms with E-state index in [-0.39, 0.29) is 0 Å². The van der Waals surface area contributed by atoms with Crippen molar-refractivity contribution in [2.45, 2.75) is 19.4 Å². The van der Waals surface area contributed by atoms with Crippen molar-refractivity contribution in [1.29, 1.82) is 0 Å². The van der Waals surface area contributed by atoms with Gasteiger partial charge in [0.15, 0.2) is 0 Å². The first-order valence-corrected chi connectivity index (χ1v) is 7.26. The predicted molar refractivity (Wildman–Crippen MR) is 83.4 cm³/mol. The summed E-state index contributed by atoms with van der Waals surface area (Å²) in [7, 11) is 0. The number of fused-ring (bicyclic) bond motifs is 4. The number of nitrogens with zero attached hydrogens (tertiary/aromatic N) is 2. The van der Waals surface area contributed by atoms with Gasteiger partial charge in [-0.15, -0.1) is 0 Å². The molecular weight excluding hydrogens is 278 g/mol. The second kappa shape index (κ2) is 4.55. The minimum Gasteiger partial charge on any atom is -0.438 e. The van der Waals surface area contributed by atoms with Crippen molar-refractivity contribution in [3.63, 3.8) is 0 Å². The molecule has 2 aliphatic rings. The molecule has 1 aromatic carbocycles. The lowest BCUT2D eigenvalue weighted by Crippen LogP contribution is -2.42. The van der Waals surface area contributed by atoms with Gasteiger partial charge in [0, 0.05) is 17.3 Å². The lowest BCUT2D eigenvalue weighted by Gasteiger charge is -2.38. The second-order valence-corrected chi connectivity index (χ2v) is 5.92. The lowest BCUT2D eigenvalue weighted by molar-refractivity contribution is 0.109. The van der Waals surface area contributed by atoms with Crippen molar-refractivity contribution >= 4 is 5.84 Å². The van der Waals surface area contributed by atoms with Gasteiger partial charge >= 0.3 is 0 Å². The third-order valence-electron chi connectivity index (χ3n) is 4.12. The second-order valence-electron chi connectivity index (χ2n) is 5.92. The van der Waals surface area contributed by atoms with Crippen molar-refractivity contribution in [2.24, 2.45) is 10.7 Å². The number of nitrogens with two attached hydrogens (primary N) is 1.